The first-order valence-electron chi connectivity index (χ1n) is 9.11. The zero-order valence-corrected chi connectivity index (χ0v) is 18.1. The fourth-order valence-electron chi connectivity index (χ4n) is 2.67. The minimum absolute atomic E-state index is 0.137. The van der Waals surface area contributed by atoms with E-state index in [0.717, 1.165) is 11.9 Å². The molecule has 0 spiro atoms. The van der Waals surface area contributed by atoms with Crippen LogP contribution in [0, 0.1) is 17.6 Å². The van der Waals surface area contributed by atoms with Gasteiger partial charge in [0.05, 0.1) is 40.9 Å². The molecule has 0 amide bonds. The Hall–Kier alpha value is -2.07. The minimum Gasteiger partial charge on any atom is -0.493 e. The summed E-state index contributed by atoms with van der Waals surface area (Å²) in [5.74, 6) is 0.773. The number of rotatable bonds is 9. The lowest BCUT2D eigenvalue weighted by molar-refractivity contribution is -0.0508. The lowest BCUT2D eigenvalue weighted by Gasteiger charge is -2.25. The van der Waals surface area contributed by atoms with E-state index in [-0.39, 0.29) is 12.4 Å². The van der Waals surface area contributed by atoms with Gasteiger partial charge in [0.25, 0.3) is 0 Å². The molecule has 0 aliphatic carbocycles. The van der Waals surface area contributed by atoms with E-state index in [1.165, 1.54) is 29.5 Å². The summed E-state index contributed by atoms with van der Waals surface area (Å²) in [5.41, 5.74) is 2.46. The summed E-state index contributed by atoms with van der Waals surface area (Å²) >= 11 is 8.81. The number of nitrogens with one attached hydrogen (secondary N) is 2. The molecule has 0 atom stereocenters. The number of hydrogen-bond acceptors (Lipinski definition) is 7. The smallest absolute Gasteiger partial charge is 0.147 e. The van der Waals surface area contributed by atoms with Gasteiger partial charge in [-0.2, -0.15) is 0 Å². The second kappa shape index (κ2) is 9.82. The molecule has 0 unspecified atom stereocenters. The summed E-state index contributed by atoms with van der Waals surface area (Å²) in [6.45, 7) is 2.04. The third-order valence-electron chi connectivity index (χ3n) is 4.40. The van der Waals surface area contributed by atoms with E-state index in [1.54, 1.807) is 17.6 Å². The maximum Gasteiger partial charge on any atom is 0.147 e. The van der Waals surface area contributed by atoms with Crippen molar-refractivity contribution in [3.05, 3.63) is 63.4 Å². The van der Waals surface area contributed by atoms with Gasteiger partial charge in [-0.15, -0.1) is 11.3 Å². The molecule has 0 radical (unpaired) electrons. The molecule has 30 heavy (non-hydrogen) atoms. The van der Waals surface area contributed by atoms with Crippen molar-refractivity contribution >= 4 is 46.4 Å². The van der Waals surface area contributed by atoms with Gasteiger partial charge in [0.1, 0.15) is 23.2 Å². The summed E-state index contributed by atoms with van der Waals surface area (Å²) in [4.78, 5) is 4.41. The second-order valence-electron chi connectivity index (χ2n) is 6.66. The van der Waals surface area contributed by atoms with Gasteiger partial charge in [-0.05, 0) is 42.3 Å². The molecule has 4 rings (SSSR count). The van der Waals surface area contributed by atoms with Gasteiger partial charge in [0.15, 0.2) is 0 Å². The van der Waals surface area contributed by atoms with Gasteiger partial charge in [0, 0.05) is 23.4 Å². The summed E-state index contributed by atoms with van der Waals surface area (Å²) in [6, 6.07) is 7.39. The predicted molar refractivity (Wildman–Crippen MR) is 117 cm³/mol. The molecule has 2 aromatic carbocycles. The molecule has 10 heteroatoms. The monoisotopic (exact) mass is 469 g/mol. The Kier molecular flexibility index (Phi) is 6.93. The molecule has 1 saturated heterocycles. The quantitative estimate of drug-likeness (QED) is 0.384. The van der Waals surface area contributed by atoms with Gasteiger partial charge < -0.3 is 19.5 Å². The largest absolute Gasteiger partial charge is 0.493 e. The predicted octanol–water partition coefficient (Wildman–Crippen LogP) is 5.83. The highest BCUT2D eigenvalue weighted by atomic mass is 35.5. The Labute approximate surface area is 185 Å². The molecule has 1 aromatic heterocycles. The molecule has 5 nitrogen and oxygen atoms in total. The summed E-state index contributed by atoms with van der Waals surface area (Å²) in [7, 11) is 0. The topological polar surface area (TPSA) is 55.4 Å². The van der Waals surface area contributed by atoms with Crippen LogP contribution in [-0.2, 0) is 11.3 Å². The van der Waals surface area contributed by atoms with Crippen LogP contribution in [0.3, 0.4) is 0 Å². The first-order chi connectivity index (χ1) is 14.6. The average Bonchev–Trinajstić information content (AvgIpc) is 3.21. The number of thiazole rings is 1. The Morgan fingerprint density at radius 1 is 1.23 bits per heavy atom. The Morgan fingerprint density at radius 2 is 2.10 bits per heavy atom. The van der Waals surface area contributed by atoms with E-state index < -0.39 is 5.82 Å². The zero-order chi connectivity index (χ0) is 20.9. The van der Waals surface area contributed by atoms with Crippen LogP contribution in [0.25, 0.3) is 0 Å². The van der Waals surface area contributed by atoms with Crippen LogP contribution in [0.15, 0.2) is 46.1 Å². The van der Waals surface area contributed by atoms with Crippen LogP contribution < -0.4 is 14.8 Å². The fourth-order valence-corrected chi connectivity index (χ4v) is 4.19. The SMILES string of the molecule is Fc1ccc(OCC2COC2)cc1CNc1cc(F)c(SNc2cscn2)cc1Cl. The highest BCUT2D eigenvalue weighted by molar-refractivity contribution is 8.00. The summed E-state index contributed by atoms with van der Waals surface area (Å²) in [5, 5.41) is 5.14. The molecular weight excluding hydrogens is 452 g/mol. The lowest BCUT2D eigenvalue weighted by Crippen LogP contribution is -2.32. The number of ether oxygens (including phenoxy) is 2. The first-order valence-corrected chi connectivity index (χ1v) is 11.2. The van der Waals surface area contributed by atoms with Crippen molar-refractivity contribution in [2.45, 2.75) is 11.4 Å². The van der Waals surface area contributed by atoms with Crippen molar-refractivity contribution in [1.82, 2.24) is 4.98 Å². The van der Waals surface area contributed by atoms with Gasteiger partial charge >= 0.3 is 0 Å². The van der Waals surface area contributed by atoms with Crippen molar-refractivity contribution in [2.75, 3.05) is 29.9 Å². The Balaban J connectivity index is 1.38. The van der Waals surface area contributed by atoms with Crippen LogP contribution >= 0.6 is 34.9 Å². The number of benzene rings is 2. The number of anilines is 2. The minimum atomic E-state index is -0.449. The lowest BCUT2D eigenvalue weighted by atomic mass is 10.1. The van der Waals surface area contributed by atoms with E-state index in [0.29, 0.717) is 58.5 Å². The van der Waals surface area contributed by atoms with E-state index in [9.17, 15) is 8.78 Å². The standard InChI is InChI=1S/C20H18ClF2N3O2S2/c21-15-4-19(30-26-20-10-29-11-25-20)17(23)5-18(15)24-6-13-3-14(1-2-16(13)22)28-9-12-7-27-8-12/h1-5,10-12,24,26H,6-9H2. The van der Waals surface area contributed by atoms with Crippen LogP contribution in [0.1, 0.15) is 5.56 Å². The molecular formula is C20H18ClF2N3O2S2. The second-order valence-corrected chi connectivity index (χ2v) is 8.64. The van der Waals surface area contributed by atoms with E-state index >= 15 is 0 Å². The van der Waals surface area contributed by atoms with E-state index in [4.69, 9.17) is 21.1 Å². The fraction of sp³-hybridized carbons (Fsp3) is 0.250. The Bertz CT molecular complexity index is 1000. The third kappa shape index (κ3) is 5.34. The summed E-state index contributed by atoms with van der Waals surface area (Å²) < 4.78 is 42.4. The average molecular weight is 470 g/mol. The Morgan fingerprint density at radius 3 is 2.83 bits per heavy atom. The van der Waals surface area contributed by atoms with Crippen molar-refractivity contribution < 1.29 is 18.3 Å². The number of nitrogens with zero attached hydrogens (tertiary/aromatic N) is 1. The van der Waals surface area contributed by atoms with Gasteiger partial charge in [-0.25, -0.2) is 13.8 Å². The molecule has 0 saturated carbocycles. The molecule has 1 fully saturated rings. The van der Waals surface area contributed by atoms with Crippen molar-refractivity contribution in [3.8, 4) is 5.75 Å². The van der Waals surface area contributed by atoms with Crippen molar-refractivity contribution in [3.63, 3.8) is 0 Å². The maximum atomic E-state index is 14.5. The normalized spacial score (nSPS) is 13.7. The molecule has 1 aliphatic rings. The van der Waals surface area contributed by atoms with Gasteiger partial charge in [0.2, 0.25) is 0 Å². The van der Waals surface area contributed by atoms with Crippen LogP contribution in [0.2, 0.25) is 5.02 Å². The van der Waals surface area contributed by atoms with Crippen LogP contribution in [0.4, 0.5) is 20.3 Å². The van der Waals surface area contributed by atoms with Crippen molar-refractivity contribution in [1.29, 1.82) is 0 Å². The number of aromatic nitrogens is 1. The maximum absolute atomic E-state index is 14.5. The van der Waals surface area contributed by atoms with Crippen LogP contribution in [0.5, 0.6) is 5.75 Å². The molecule has 158 valence electrons. The molecule has 3 aromatic rings. The summed E-state index contributed by atoms with van der Waals surface area (Å²) in [6.07, 6.45) is 0. The molecule has 0 bridgehead atoms. The number of halogens is 3. The van der Waals surface area contributed by atoms with E-state index in [2.05, 4.69) is 15.0 Å². The van der Waals surface area contributed by atoms with E-state index in [1.807, 2.05) is 5.38 Å². The molecule has 2 N–H and O–H groups in total. The number of hydrogen-bond donors (Lipinski definition) is 2. The molecule has 2 heterocycles. The first kappa shape index (κ1) is 21.2. The van der Waals surface area contributed by atoms with Gasteiger partial charge in [-0.1, -0.05) is 11.6 Å². The third-order valence-corrected chi connectivity index (χ3v) is 6.14. The molecule has 1 aliphatic heterocycles. The van der Waals surface area contributed by atoms with Crippen molar-refractivity contribution in [2.24, 2.45) is 5.92 Å². The zero-order valence-electron chi connectivity index (χ0n) is 15.7. The highest BCUT2D eigenvalue weighted by Gasteiger charge is 2.19. The van der Waals surface area contributed by atoms with Gasteiger partial charge in [-0.3, -0.25) is 0 Å². The van der Waals surface area contributed by atoms with Crippen LogP contribution in [-0.4, -0.2) is 24.8 Å². The highest BCUT2D eigenvalue weighted by Crippen LogP contribution is 2.32.